The summed E-state index contributed by atoms with van der Waals surface area (Å²) in [6, 6.07) is 9.69. The molecule has 0 unspecified atom stereocenters. The largest absolute Gasteiger partial charge is 0.507 e. The van der Waals surface area contributed by atoms with Crippen molar-refractivity contribution < 1.29 is 14.7 Å². The number of hydrogen-bond acceptors (Lipinski definition) is 6. The zero-order valence-corrected chi connectivity index (χ0v) is 9.69. The molecule has 0 saturated heterocycles. The summed E-state index contributed by atoms with van der Waals surface area (Å²) in [5, 5.41) is 23.2. The number of aromatic hydroxyl groups is 2. The van der Waals surface area contributed by atoms with Crippen LogP contribution in [0.2, 0.25) is 0 Å². The highest BCUT2D eigenvalue weighted by Gasteiger charge is 2.17. The SMILES string of the molecule is Oc1cccc(O)c1-c1nc(-c2ccccn2)no1. The quantitative estimate of drug-likeness (QED) is 0.729. The molecule has 94 valence electrons. The van der Waals surface area contributed by atoms with Gasteiger partial charge in [-0.15, -0.1) is 0 Å². The van der Waals surface area contributed by atoms with Gasteiger partial charge in [-0.2, -0.15) is 4.98 Å². The van der Waals surface area contributed by atoms with Crippen LogP contribution >= 0.6 is 0 Å². The van der Waals surface area contributed by atoms with Crippen LogP contribution in [0.3, 0.4) is 0 Å². The highest BCUT2D eigenvalue weighted by Crippen LogP contribution is 2.36. The molecule has 0 aliphatic carbocycles. The van der Waals surface area contributed by atoms with E-state index in [0.29, 0.717) is 11.5 Å². The van der Waals surface area contributed by atoms with Gasteiger partial charge in [0.05, 0.1) is 0 Å². The van der Waals surface area contributed by atoms with Gasteiger partial charge in [0.2, 0.25) is 5.82 Å². The van der Waals surface area contributed by atoms with Crippen LogP contribution in [0.1, 0.15) is 0 Å². The summed E-state index contributed by atoms with van der Waals surface area (Å²) in [6.07, 6.45) is 1.61. The molecule has 0 aliphatic rings. The van der Waals surface area contributed by atoms with Crippen molar-refractivity contribution in [2.24, 2.45) is 0 Å². The average Bonchev–Trinajstić information content (AvgIpc) is 2.89. The van der Waals surface area contributed by atoms with Crippen LogP contribution in [0.15, 0.2) is 47.1 Å². The highest BCUT2D eigenvalue weighted by molar-refractivity contribution is 5.70. The first-order chi connectivity index (χ1) is 9.25. The lowest BCUT2D eigenvalue weighted by Crippen LogP contribution is -1.84. The fourth-order valence-corrected chi connectivity index (χ4v) is 1.67. The maximum atomic E-state index is 9.72. The molecular weight excluding hydrogens is 246 g/mol. The molecular formula is C13H9N3O3. The minimum Gasteiger partial charge on any atom is -0.507 e. The molecule has 2 N–H and O–H groups in total. The third-order valence-electron chi connectivity index (χ3n) is 2.55. The molecule has 0 radical (unpaired) electrons. The third kappa shape index (κ3) is 1.99. The molecule has 2 heterocycles. The molecule has 0 amide bonds. The summed E-state index contributed by atoms with van der Waals surface area (Å²) in [5.74, 6) is 0.0712. The van der Waals surface area contributed by atoms with Crippen molar-refractivity contribution in [3.63, 3.8) is 0 Å². The molecule has 0 saturated carbocycles. The number of hydrogen-bond donors (Lipinski definition) is 2. The maximum absolute atomic E-state index is 9.72. The van der Waals surface area contributed by atoms with Crippen molar-refractivity contribution in [3.05, 3.63) is 42.6 Å². The Balaban J connectivity index is 2.07. The van der Waals surface area contributed by atoms with E-state index in [0.717, 1.165) is 0 Å². The average molecular weight is 255 g/mol. The summed E-state index contributed by atoms with van der Waals surface area (Å²) >= 11 is 0. The van der Waals surface area contributed by atoms with E-state index < -0.39 is 0 Å². The van der Waals surface area contributed by atoms with E-state index in [1.54, 1.807) is 24.4 Å². The summed E-state index contributed by atoms with van der Waals surface area (Å²) in [4.78, 5) is 8.20. The maximum Gasteiger partial charge on any atom is 0.265 e. The topological polar surface area (TPSA) is 92.3 Å². The Kier molecular flexibility index (Phi) is 2.60. The van der Waals surface area contributed by atoms with Crippen molar-refractivity contribution >= 4 is 0 Å². The molecule has 19 heavy (non-hydrogen) atoms. The molecule has 3 aromatic rings. The smallest absolute Gasteiger partial charge is 0.265 e. The summed E-state index contributed by atoms with van der Waals surface area (Å²) in [7, 11) is 0. The second-order valence-corrected chi connectivity index (χ2v) is 3.81. The monoisotopic (exact) mass is 255 g/mol. The van der Waals surface area contributed by atoms with E-state index in [4.69, 9.17) is 4.52 Å². The Morgan fingerprint density at radius 3 is 2.42 bits per heavy atom. The number of nitrogens with zero attached hydrogens (tertiary/aromatic N) is 3. The second kappa shape index (κ2) is 4.41. The number of pyridine rings is 1. The predicted octanol–water partition coefficient (Wildman–Crippen LogP) is 2.21. The lowest BCUT2D eigenvalue weighted by molar-refractivity contribution is 0.416. The van der Waals surface area contributed by atoms with Gasteiger partial charge in [0, 0.05) is 6.20 Å². The van der Waals surface area contributed by atoms with Crippen molar-refractivity contribution in [1.82, 2.24) is 15.1 Å². The van der Waals surface area contributed by atoms with Gasteiger partial charge < -0.3 is 14.7 Å². The van der Waals surface area contributed by atoms with Crippen molar-refractivity contribution in [2.45, 2.75) is 0 Å². The molecule has 0 bridgehead atoms. The molecule has 0 aliphatic heterocycles. The molecule has 1 aromatic carbocycles. The number of aromatic nitrogens is 3. The Morgan fingerprint density at radius 2 is 1.74 bits per heavy atom. The third-order valence-corrected chi connectivity index (χ3v) is 2.55. The second-order valence-electron chi connectivity index (χ2n) is 3.81. The van der Waals surface area contributed by atoms with Gasteiger partial charge in [-0.1, -0.05) is 17.3 Å². The van der Waals surface area contributed by atoms with Crippen LogP contribution in [0.4, 0.5) is 0 Å². The first kappa shape index (κ1) is 11.2. The van der Waals surface area contributed by atoms with Crippen LogP contribution in [0, 0.1) is 0 Å². The van der Waals surface area contributed by atoms with E-state index >= 15 is 0 Å². The first-order valence-corrected chi connectivity index (χ1v) is 5.52. The van der Waals surface area contributed by atoms with Gasteiger partial charge >= 0.3 is 0 Å². The molecule has 0 fully saturated rings. The van der Waals surface area contributed by atoms with Gasteiger partial charge in [-0.05, 0) is 24.3 Å². The van der Waals surface area contributed by atoms with Crippen LogP contribution in [-0.4, -0.2) is 25.3 Å². The van der Waals surface area contributed by atoms with Crippen molar-refractivity contribution in [2.75, 3.05) is 0 Å². The molecule has 3 rings (SSSR count). The predicted molar refractivity (Wildman–Crippen MR) is 66.3 cm³/mol. The van der Waals surface area contributed by atoms with Crippen LogP contribution < -0.4 is 0 Å². The number of rotatable bonds is 2. The Hall–Kier alpha value is -2.89. The summed E-state index contributed by atoms with van der Waals surface area (Å²) in [6.45, 7) is 0. The normalized spacial score (nSPS) is 10.5. The van der Waals surface area contributed by atoms with Crippen molar-refractivity contribution in [1.29, 1.82) is 0 Å². The zero-order chi connectivity index (χ0) is 13.2. The molecule has 6 heteroatoms. The van der Waals surface area contributed by atoms with Crippen LogP contribution in [-0.2, 0) is 0 Å². The first-order valence-electron chi connectivity index (χ1n) is 5.52. The standard InChI is InChI=1S/C13H9N3O3/c17-9-5-3-6-10(18)11(9)13-15-12(16-19-13)8-4-1-2-7-14-8/h1-7,17-18H. The van der Waals surface area contributed by atoms with E-state index in [1.165, 1.54) is 18.2 Å². The van der Waals surface area contributed by atoms with E-state index in [-0.39, 0.29) is 23.0 Å². The van der Waals surface area contributed by atoms with Gasteiger partial charge in [0.25, 0.3) is 5.89 Å². The molecule has 0 atom stereocenters. The Morgan fingerprint density at radius 1 is 0.947 bits per heavy atom. The number of benzene rings is 1. The van der Waals surface area contributed by atoms with E-state index in [9.17, 15) is 10.2 Å². The van der Waals surface area contributed by atoms with E-state index in [1.807, 2.05) is 0 Å². The highest BCUT2D eigenvalue weighted by atomic mass is 16.5. The fourth-order valence-electron chi connectivity index (χ4n) is 1.67. The lowest BCUT2D eigenvalue weighted by atomic mass is 10.2. The lowest BCUT2D eigenvalue weighted by Gasteiger charge is -2.00. The summed E-state index contributed by atoms with van der Waals surface area (Å²) in [5.41, 5.74) is 0.657. The zero-order valence-electron chi connectivity index (χ0n) is 9.69. The number of phenols is 2. The van der Waals surface area contributed by atoms with E-state index in [2.05, 4.69) is 15.1 Å². The van der Waals surface area contributed by atoms with Gasteiger partial charge in [-0.25, -0.2) is 0 Å². The van der Waals surface area contributed by atoms with Crippen molar-refractivity contribution in [3.8, 4) is 34.5 Å². The minimum absolute atomic E-state index is 0.0382. The Bertz CT molecular complexity index is 690. The van der Waals surface area contributed by atoms with Crippen LogP contribution in [0.5, 0.6) is 11.5 Å². The fraction of sp³-hybridized carbons (Fsp3) is 0. The molecule has 2 aromatic heterocycles. The number of phenolic OH excluding ortho intramolecular Hbond substituents is 2. The van der Waals surface area contributed by atoms with Crippen LogP contribution in [0.25, 0.3) is 23.0 Å². The minimum atomic E-state index is -0.128. The molecule has 0 spiro atoms. The Labute approximate surface area is 108 Å². The van der Waals surface area contributed by atoms with Gasteiger partial charge in [0.15, 0.2) is 0 Å². The summed E-state index contributed by atoms with van der Waals surface area (Å²) < 4.78 is 5.05. The molecule has 6 nitrogen and oxygen atoms in total. The van der Waals surface area contributed by atoms with Gasteiger partial charge in [-0.3, -0.25) is 4.98 Å². The van der Waals surface area contributed by atoms with Gasteiger partial charge in [0.1, 0.15) is 22.8 Å².